The van der Waals surface area contributed by atoms with Crippen molar-refractivity contribution < 1.29 is 27.8 Å². The van der Waals surface area contributed by atoms with Crippen LogP contribution in [0.15, 0.2) is 18.2 Å². The fourth-order valence-electron chi connectivity index (χ4n) is 2.52. The van der Waals surface area contributed by atoms with Gasteiger partial charge >= 0.3 is 12.1 Å². The maximum absolute atomic E-state index is 12.8. The molecule has 2 rings (SSSR count). The summed E-state index contributed by atoms with van der Waals surface area (Å²) in [5.41, 5.74) is -1.37. The molecule has 1 fully saturated rings. The highest BCUT2D eigenvalue weighted by Crippen LogP contribution is 2.34. The van der Waals surface area contributed by atoms with Crippen LogP contribution < -0.4 is 4.90 Å². The van der Waals surface area contributed by atoms with Crippen LogP contribution in [-0.2, 0) is 10.9 Å². The lowest BCUT2D eigenvalue weighted by atomic mass is 10.0. The van der Waals surface area contributed by atoms with Crippen molar-refractivity contribution in [1.82, 2.24) is 0 Å². The van der Waals surface area contributed by atoms with E-state index < -0.39 is 23.3 Å². The number of methoxy groups -OCH3 is 1. The van der Waals surface area contributed by atoms with Crippen LogP contribution in [0.5, 0.6) is 0 Å². The van der Waals surface area contributed by atoms with E-state index in [1.165, 1.54) is 6.07 Å². The van der Waals surface area contributed by atoms with Crippen molar-refractivity contribution in [2.24, 2.45) is 0 Å². The highest BCUT2D eigenvalue weighted by molar-refractivity contribution is 5.91. The van der Waals surface area contributed by atoms with Crippen LogP contribution in [0.3, 0.4) is 0 Å². The van der Waals surface area contributed by atoms with Crippen LogP contribution in [0.1, 0.15) is 28.8 Å². The lowest BCUT2D eigenvalue weighted by molar-refractivity contribution is -0.138. The van der Waals surface area contributed by atoms with Gasteiger partial charge in [-0.2, -0.15) is 13.2 Å². The number of nitrogens with zero attached hydrogens (tertiary/aromatic N) is 1. The van der Waals surface area contributed by atoms with Crippen LogP contribution in [-0.4, -0.2) is 37.4 Å². The van der Waals surface area contributed by atoms with Crippen LogP contribution in [0.25, 0.3) is 0 Å². The largest absolute Gasteiger partial charge is 0.478 e. The second-order valence-corrected chi connectivity index (χ2v) is 4.98. The molecule has 7 heteroatoms. The van der Waals surface area contributed by atoms with Gasteiger partial charge in [0.05, 0.1) is 17.2 Å². The van der Waals surface area contributed by atoms with Gasteiger partial charge in [-0.25, -0.2) is 4.79 Å². The number of carboxylic acid groups (broad SMARTS) is 1. The van der Waals surface area contributed by atoms with E-state index in [0.717, 1.165) is 25.0 Å². The number of aromatic carboxylic acids is 1. The zero-order chi connectivity index (χ0) is 15.6. The summed E-state index contributed by atoms with van der Waals surface area (Å²) in [6.07, 6.45) is -2.93. The molecule has 0 amide bonds. The number of ether oxygens (including phenoxy) is 1. The minimum Gasteiger partial charge on any atom is -0.478 e. The van der Waals surface area contributed by atoms with Gasteiger partial charge in [-0.1, -0.05) is 0 Å². The van der Waals surface area contributed by atoms with E-state index in [1.54, 1.807) is 7.11 Å². The quantitative estimate of drug-likeness (QED) is 0.932. The van der Waals surface area contributed by atoms with Crippen molar-refractivity contribution >= 4 is 11.7 Å². The molecule has 0 aromatic heterocycles. The second-order valence-electron chi connectivity index (χ2n) is 4.98. The van der Waals surface area contributed by atoms with Gasteiger partial charge in [0.1, 0.15) is 0 Å². The first-order valence-electron chi connectivity index (χ1n) is 6.55. The molecule has 1 saturated heterocycles. The average Bonchev–Trinajstić information content (AvgIpc) is 2.45. The lowest BCUT2D eigenvalue weighted by Crippen LogP contribution is -2.39. The van der Waals surface area contributed by atoms with Gasteiger partial charge in [0, 0.05) is 25.9 Å². The number of benzene rings is 1. The van der Waals surface area contributed by atoms with Gasteiger partial charge in [0.15, 0.2) is 0 Å². The summed E-state index contributed by atoms with van der Waals surface area (Å²) in [6.45, 7) is 1.21. The number of piperidine rings is 1. The molecule has 1 heterocycles. The Balaban J connectivity index is 2.34. The number of halogens is 3. The molecule has 116 valence electrons. The third-order valence-electron chi connectivity index (χ3n) is 3.62. The summed E-state index contributed by atoms with van der Waals surface area (Å²) in [6, 6.07) is 3.23. The maximum Gasteiger partial charge on any atom is 0.417 e. The smallest absolute Gasteiger partial charge is 0.417 e. The van der Waals surface area contributed by atoms with E-state index >= 15 is 0 Å². The molecule has 1 aliphatic rings. The van der Waals surface area contributed by atoms with Crippen molar-refractivity contribution in [1.29, 1.82) is 0 Å². The predicted molar refractivity (Wildman–Crippen MR) is 70.6 cm³/mol. The first-order chi connectivity index (χ1) is 9.82. The molecular weight excluding hydrogens is 287 g/mol. The monoisotopic (exact) mass is 303 g/mol. The molecule has 4 nitrogen and oxygen atoms in total. The normalized spacial score (nSPS) is 19.6. The van der Waals surface area contributed by atoms with Gasteiger partial charge < -0.3 is 14.7 Å². The van der Waals surface area contributed by atoms with Crippen molar-refractivity contribution in [2.75, 3.05) is 25.1 Å². The van der Waals surface area contributed by atoms with E-state index in [2.05, 4.69) is 0 Å². The van der Waals surface area contributed by atoms with Gasteiger partial charge in [0.25, 0.3) is 0 Å². The Hall–Kier alpha value is -1.76. The Morgan fingerprint density at radius 2 is 2.14 bits per heavy atom. The molecular formula is C14H16F3NO3. The summed E-state index contributed by atoms with van der Waals surface area (Å²) >= 11 is 0. The molecule has 0 aliphatic carbocycles. The van der Waals surface area contributed by atoms with Crippen LogP contribution in [0.4, 0.5) is 18.9 Å². The van der Waals surface area contributed by atoms with E-state index in [9.17, 15) is 18.0 Å². The van der Waals surface area contributed by atoms with E-state index in [0.29, 0.717) is 18.8 Å². The predicted octanol–water partition coefficient (Wildman–Crippen LogP) is 3.02. The first kappa shape index (κ1) is 15.6. The second kappa shape index (κ2) is 5.93. The third kappa shape index (κ3) is 3.47. The highest BCUT2D eigenvalue weighted by atomic mass is 19.4. The molecule has 0 bridgehead atoms. The number of carbonyl (C=O) groups is 1. The number of rotatable bonds is 3. The molecule has 1 aromatic rings. The topological polar surface area (TPSA) is 49.8 Å². The number of hydrogen-bond donors (Lipinski definition) is 1. The highest BCUT2D eigenvalue weighted by Gasteiger charge is 2.35. The molecule has 1 aromatic carbocycles. The van der Waals surface area contributed by atoms with Crippen molar-refractivity contribution in [3.63, 3.8) is 0 Å². The summed E-state index contributed by atoms with van der Waals surface area (Å²) in [4.78, 5) is 12.9. The Morgan fingerprint density at radius 3 is 2.71 bits per heavy atom. The SMILES string of the molecule is COC1CCCN(c2ccc(C(F)(F)F)c(C(=O)O)c2)C1. The molecule has 1 atom stereocenters. The van der Waals surface area contributed by atoms with Crippen LogP contribution in [0.2, 0.25) is 0 Å². The molecule has 21 heavy (non-hydrogen) atoms. The molecule has 0 radical (unpaired) electrons. The van der Waals surface area contributed by atoms with Gasteiger partial charge in [0.2, 0.25) is 0 Å². The standard InChI is InChI=1S/C14H16F3NO3/c1-21-10-3-2-6-18(8-10)9-4-5-12(14(15,16)17)11(7-9)13(19)20/h4-5,7,10H,2-3,6,8H2,1H3,(H,19,20). The Bertz CT molecular complexity index is 531. The van der Waals surface area contributed by atoms with Gasteiger partial charge in [-0.15, -0.1) is 0 Å². The summed E-state index contributed by atoms with van der Waals surface area (Å²) in [5.74, 6) is -1.58. The van der Waals surface area contributed by atoms with Crippen molar-refractivity contribution in [2.45, 2.75) is 25.1 Å². The van der Waals surface area contributed by atoms with E-state index in [-0.39, 0.29) is 6.10 Å². The number of hydrogen-bond acceptors (Lipinski definition) is 3. The molecule has 0 spiro atoms. The summed E-state index contributed by atoms with van der Waals surface area (Å²) in [5, 5.41) is 9.01. The van der Waals surface area contributed by atoms with Crippen LogP contribution in [0, 0.1) is 0 Å². The number of alkyl halides is 3. The van der Waals surface area contributed by atoms with Crippen LogP contribution >= 0.6 is 0 Å². The lowest BCUT2D eigenvalue weighted by Gasteiger charge is -2.34. The fraction of sp³-hybridized carbons (Fsp3) is 0.500. The molecule has 1 aliphatic heterocycles. The Kier molecular flexibility index (Phi) is 4.41. The molecule has 1 N–H and O–H groups in total. The zero-order valence-electron chi connectivity index (χ0n) is 11.5. The molecule has 0 saturated carbocycles. The first-order valence-corrected chi connectivity index (χ1v) is 6.55. The van der Waals surface area contributed by atoms with E-state index in [4.69, 9.17) is 9.84 Å². The summed E-state index contributed by atoms with van der Waals surface area (Å²) < 4.78 is 43.7. The van der Waals surface area contributed by atoms with Gasteiger partial charge in [-0.05, 0) is 31.0 Å². The maximum atomic E-state index is 12.8. The van der Waals surface area contributed by atoms with Crippen molar-refractivity contribution in [3.8, 4) is 0 Å². The minimum atomic E-state index is -4.68. The molecule has 1 unspecified atom stereocenters. The Labute approximate surface area is 120 Å². The van der Waals surface area contributed by atoms with E-state index in [1.807, 2.05) is 4.90 Å². The minimum absolute atomic E-state index is 0.00863. The van der Waals surface area contributed by atoms with Gasteiger partial charge in [-0.3, -0.25) is 0 Å². The Morgan fingerprint density at radius 1 is 1.43 bits per heavy atom. The number of anilines is 1. The zero-order valence-corrected chi connectivity index (χ0v) is 11.5. The summed E-state index contributed by atoms with van der Waals surface area (Å²) in [7, 11) is 1.59. The van der Waals surface area contributed by atoms with Crippen molar-refractivity contribution in [3.05, 3.63) is 29.3 Å². The third-order valence-corrected chi connectivity index (χ3v) is 3.62. The fourth-order valence-corrected chi connectivity index (χ4v) is 2.52. The number of carboxylic acids is 1. The average molecular weight is 303 g/mol.